The number of likely N-dealkylation sites (tertiary alicyclic amines) is 1. The average molecular weight is 424 g/mol. The summed E-state index contributed by atoms with van der Waals surface area (Å²) in [7, 11) is 7.04. The lowest BCUT2D eigenvalue weighted by Crippen LogP contribution is -2.32. The molecule has 1 fully saturated rings. The van der Waals surface area contributed by atoms with Gasteiger partial charge in [-0.3, -0.25) is 9.59 Å². The zero-order chi connectivity index (χ0) is 22.5. The molecule has 0 spiro atoms. The normalized spacial score (nSPS) is 18.0. The Bertz CT molecular complexity index is 964. The molecule has 1 aliphatic heterocycles. The molecule has 0 radical (unpaired) electrons. The van der Waals surface area contributed by atoms with Crippen LogP contribution in [0.15, 0.2) is 54.1 Å². The van der Waals surface area contributed by atoms with Gasteiger partial charge in [0.2, 0.25) is 0 Å². The molecule has 0 unspecified atom stereocenters. The molecule has 7 heteroatoms. The summed E-state index contributed by atoms with van der Waals surface area (Å²) in [6.45, 7) is 1.18. The first kappa shape index (κ1) is 22.4. The van der Waals surface area contributed by atoms with Crippen molar-refractivity contribution < 1.29 is 24.2 Å². The predicted molar refractivity (Wildman–Crippen MR) is 118 cm³/mol. The van der Waals surface area contributed by atoms with Crippen LogP contribution in [0.3, 0.4) is 0 Å². The number of methoxy groups -OCH3 is 2. The molecule has 1 aliphatic rings. The number of aliphatic hydroxyl groups excluding tert-OH is 1. The number of hydrogen-bond donors (Lipinski definition) is 1. The van der Waals surface area contributed by atoms with Gasteiger partial charge in [0.1, 0.15) is 17.3 Å². The Morgan fingerprint density at radius 1 is 0.968 bits per heavy atom. The van der Waals surface area contributed by atoms with Crippen LogP contribution in [0, 0.1) is 0 Å². The summed E-state index contributed by atoms with van der Waals surface area (Å²) in [5.74, 6) is -0.179. The SMILES string of the molecule is COc1ccc(C(O)=C2C(=O)C(=O)N(CCCN(C)C)[C@H]2c2ccc(OC)cc2)cc1. The molecule has 2 aromatic rings. The van der Waals surface area contributed by atoms with Crippen LogP contribution in [0.25, 0.3) is 5.76 Å². The van der Waals surface area contributed by atoms with E-state index in [4.69, 9.17) is 9.47 Å². The van der Waals surface area contributed by atoms with Gasteiger partial charge in [-0.05, 0) is 69.0 Å². The van der Waals surface area contributed by atoms with Crippen LogP contribution in [-0.4, -0.2) is 68.0 Å². The fourth-order valence-corrected chi connectivity index (χ4v) is 3.71. The monoisotopic (exact) mass is 424 g/mol. The summed E-state index contributed by atoms with van der Waals surface area (Å²) < 4.78 is 10.4. The van der Waals surface area contributed by atoms with Crippen molar-refractivity contribution in [1.29, 1.82) is 0 Å². The van der Waals surface area contributed by atoms with E-state index in [0.717, 1.165) is 12.1 Å². The molecular formula is C24H28N2O5. The van der Waals surface area contributed by atoms with Crippen molar-refractivity contribution in [3.63, 3.8) is 0 Å². The zero-order valence-corrected chi connectivity index (χ0v) is 18.3. The minimum absolute atomic E-state index is 0.0881. The van der Waals surface area contributed by atoms with Crippen molar-refractivity contribution in [2.45, 2.75) is 12.5 Å². The first-order valence-electron chi connectivity index (χ1n) is 10.1. The topological polar surface area (TPSA) is 79.3 Å². The first-order valence-corrected chi connectivity index (χ1v) is 10.1. The number of benzene rings is 2. The number of carbonyl (C=O) groups excluding carboxylic acids is 2. The van der Waals surface area contributed by atoms with E-state index in [9.17, 15) is 14.7 Å². The van der Waals surface area contributed by atoms with E-state index in [-0.39, 0.29) is 11.3 Å². The average Bonchev–Trinajstić information content (AvgIpc) is 3.03. The summed E-state index contributed by atoms with van der Waals surface area (Å²) in [6.07, 6.45) is 0.704. The minimum Gasteiger partial charge on any atom is -0.507 e. The third-order valence-corrected chi connectivity index (χ3v) is 5.34. The van der Waals surface area contributed by atoms with Crippen molar-refractivity contribution in [1.82, 2.24) is 9.80 Å². The van der Waals surface area contributed by atoms with E-state index in [1.807, 2.05) is 31.1 Å². The highest BCUT2D eigenvalue weighted by Crippen LogP contribution is 2.40. The van der Waals surface area contributed by atoms with Crippen LogP contribution in [0.5, 0.6) is 11.5 Å². The molecule has 1 amide bonds. The molecule has 7 nitrogen and oxygen atoms in total. The molecule has 1 atom stereocenters. The van der Waals surface area contributed by atoms with Gasteiger partial charge in [0, 0.05) is 12.1 Å². The summed E-state index contributed by atoms with van der Waals surface area (Å²) in [4.78, 5) is 29.5. The highest BCUT2D eigenvalue weighted by molar-refractivity contribution is 6.46. The number of aliphatic hydroxyl groups is 1. The highest BCUT2D eigenvalue weighted by atomic mass is 16.5. The maximum Gasteiger partial charge on any atom is 0.295 e. The van der Waals surface area contributed by atoms with Gasteiger partial charge >= 0.3 is 0 Å². The quantitative estimate of drug-likeness (QED) is 0.399. The Labute approximate surface area is 182 Å². The van der Waals surface area contributed by atoms with Crippen molar-refractivity contribution >= 4 is 17.4 Å². The summed E-state index contributed by atoms with van der Waals surface area (Å²) in [5.41, 5.74) is 1.27. The summed E-state index contributed by atoms with van der Waals surface area (Å²) in [5, 5.41) is 11.0. The van der Waals surface area contributed by atoms with Crippen LogP contribution in [0.2, 0.25) is 0 Å². The fraction of sp³-hybridized carbons (Fsp3) is 0.333. The van der Waals surface area contributed by atoms with Gasteiger partial charge in [0.25, 0.3) is 11.7 Å². The van der Waals surface area contributed by atoms with E-state index >= 15 is 0 Å². The van der Waals surface area contributed by atoms with Crippen LogP contribution in [0.1, 0.15) is 23.6 Å². The van der Waals surface area contributed by atoms with Crippen LogP contribution < -0.4 is 9.47 Å². The van der Waals surface area contributed by atoms with Crippen molar-refractivity contribution in [2.24, 2.45) is 0 Å². The lowest BCUT2D eigenvalue weighted by molar-refractivity contribution is -0.139. The van der Waals surface area contributed by atoms with Gasteiger partial charge in [-0.1, -0.05) is 12.1 Å². The molecule has 31 heavy (non-hydrogen) atoms. The lowest BCUT2D eigenvalue weighted by Gasteiger charge is -2.26. The number of ether oxygens (including phenoxy) is 2. The first-order chi connectivity index (χ1) is 14.9. The molecular weight excluding hydrogens is 396 g/mol. The standard InChI is InChI=1S/C24H28N2O5/c1-25(2)14-5-15-26-21(16-6-10-18(30-3)11-7-16)20(23(28)24(26)29)22(27)17-8-12-19(31-4)13-9-17/h6-13,21,27H,5,14-15H2,1-4H3/t21-/m0/s1. The predicted octanol–water partition coefficient (Wildman–Crippen LogP) is 3.08. The van der Waals surface area contributed by atoms with Gasteiger partial charge in [0.15, 0.2) is 0 Å². The number of hydrogen-bond acceptors (Lipinski definition) is 6. The second kappa shape index (κ2) is 9.66. The largest absolute Gasteiger partial charge is 0.507 e. The van der Waals surface area contributed by atoms with E-state index in [0.29, 0.717) is 30.0 Å². The van der Waals surface area contributed by atoms with Gasteiger partial charge < -0.3 is 24.4 Å². The van der Waals surface area contributed by atoms with Gasteiger partial charge in [-0.2, -0.15) is 0 Å². The van der Waals surface area contributed by atoms with Crippen LogP contribution >= 0.6 is 0 Å². The molecule has 1 saturated heterocycles. The molecule has 3 rings (SSSR count). The molecule has 0 aromatic heterocycles. The van der Waals surface area contributed by atoms with Crippen molar-refractivity contribution in [3.05, 3.63) is 65.2 Å². The smallest absolute Gasteiger partial charge is 0.295 e. The van der Waals surface area contributed by atoms with E-state index < -0.39 is 17.7 Å². The summed E-state index contributed by atoms with van der Waals surface area (Å²) >= 11 is 0. The number of amides is 1. The Morgan fingerprint density at radius 2 is 1.52 bits per heavy atom. The third-order valence-electron chi connectivity index (χ3n) is 5.34. The molecule has 0 bridgehead atoms. The molecule has 1 heterocycles. The molecule has 164 valence electrons. The lowest BCUT2D eigenvalue weighted by atomic mass is 9.95. The Kier molecular flexibility index (Phi) is 6.97. The van der Waals surface area contributed by atoms with E-state index in [1.165, 1.54) is 0 Å². The van der Waals surface area contributed by atoms with Crippen molar-refractivity contribution in [3.8, 4) is 11.5 Å². The second-order valence-corrected chi connectivity index (χ2v) is 7.65. The highest BCUT2D eigenvalue weighted by Gasteiger charge is 2.45. The van der Waals surface area contributed by atoms with Gasteiger partial charge in [-0.15, -0.1) is 0 Å². The van der Waals surface area contributed by atoms with Gasteiger partial charge in [0.05, 0.1) is 25.8 Å². The van der Waals surface area contributed by atoms with Crippen LogP contribution in [0.4, 0.5) is 0 Å². The Morgan fingerprint density at radius 3 is 2.03 bits per heavy atom. The van der Waals surface area contributed by atoms with Crippen LogP contribution in [-0.2, 0) is 9.59 Å². The minimum atomic E-state index is -0.681. The maximum atomic E-state index is 13.0. The van der Waals surface area contributed by atoms with Crippen molar-refractivity contribution in [2.75, 3.05) is 41.4 Å². The van der Waals surface area contributed by atoms with E-state index in [1.54, 1.807) is 55.5 Å². The second-order valence-electron chi connectivity index (χ2n) is 7.65. The Hall–Kier alpha value is -3.32. The molecule has 1 N–H and O–H groups in total. The number of nitrogens with zero attached hydrogens (tertiary/aromatic N) is 2. The maximum absolute atomic E-state index is 13.0. The van der Waals surface area contributed by atoms with E-state index in [2.05, 4.69) is 0 Å². The zero-order valence-electron chi connectivity index (χ0n) is 18.3. The summed E-state index contributed by atoms with van der Waals surface area (Å²) in [6, 6.07) is 13.2. The molecule has 0 saturated carbocycles. The number of Topliss-reactive ketones (excluding diaryl/α,β-unsaturated/α-hetero) is 1. The molecule has 2 aromatic carbocycles. The third kappa shape index (κ3) is 4.72. The fourth-order valence-electron chi connectivity index (χ4n) is 3.71. The number of carbonyl (C=O) groups is 2. The Balaban J connectivity index is 2.06. The molecule has 0 aliphatic carbocycles. The van der Waals surface area contributed by atoms with Gasteiger partial charge in [-0.25, -0.2) is 0 Å². The number of ketones is 1. The number of rotatable bonds is 8.